The maximum absolute atomic E-state index is 12.9. The van der Waals surface area contributed by atoms with Gasteiger partial charge in [-0.3, -0.25) is 9.78 Å². The van der Waals surface area contributed by atoms with Crippen LogP contribution >= 0.6 is 0 Å². The molecule has 1 aliphatic rings. The van der Waals surface area contributed by atoms with Gasteiger partial charge >= 0.3 is 6.03 Å². The molecule has 2 amide bonds. The van der Waals surface area contributed by atoms with Gasteiger partial charge in [-0.15, -0.1) is 0 Å². The Morgan fingerprint density at radius 3 is 2.56 bits per heavy atom. The Labute approximate surface area is 208 Å². The molecule has 2 aromatic carbocycles. The van der Waals surface area contributed by atoms with Gasteiger partial charge < -0.3 is 15.7 Å². The number of hydrogen-bond donors (Lipinski definition) is 3. The first-order chi connectivity index (χ1) is 17.4. The number of amides is 2. The Balaban J connectivity index is 1.45. The molecule has 0 saturated heterocycles. The van der Waals surface area contributed by atoms with Gasteiger partial charge in [0.2, 0.25) is 0 Å². The number of aromatic nitrogens is 4. The number of anilines is 1. The lowest BCUT2D eigenvalue weighted by Gasteiger charge is -2.13. The summed E-state index contributed by atoms with van der Waals surface area (Å²) in [4.78, 5) is 34.4. The molecule has 4 aromatic rings. The molecule has 0 radical (unpaired) electrons. The zero-order valence-corrected chi connectivity index (χ0v) is 20.2. The summed E-state index contributed by atoms with van der Waals surface area (Å²) in [6.45, 7) is 3.80. The second kappa shape index (κ2) is 9.77. The highest BCUT2D eigenvalue weighted by Crippen LogP contribution is 2.38. The maximum Gasteiger partial charge on any atom is 0.342 e. The maximum atomic E-state index is 12.9. The molecule has 1 saturated carbocycles. The van der Waals surface area contributed by atoms with E-state index in [2.05, 4.69) is 25.7 Å². The van der Waals surface area contributed by atoms with Crippen LogP contribution in [-0.2, 0) is 0 Å². The smallest absolute Gasteiger partial charge is 0.342 e. The molecular formula is C27H28N6O3. The van der Waals surface area contributed by atoms with Crippen LogP contribution in [0.2, 0.25) is 0 Å². The lowest BCUT2D eigenvalue weighted by molar-refractivity contribution is 0.102. The minimum absolute atomic E-state index is 0.00499. The molecule has 0 atom stereocenters. The van der Waals surface area contributed by atoms with Crippen molar-refractivity contribution in [2.45, 2.75) is 51.5 Å². The number of aromatic hydroxyl groups is 1. The van der Waals surface area contributed by atoms with Gasteiger partial charge in [-0.1, -0.05) is 25.0 Å². The summed E-state index contributed by atoms with van der Waals surface area (Å²) in [5, 5.41) is 20.9. The van der Waals surface area contributed by atoms with Crippen LogP contribution in [0.3, 0.4) is 0 Å². The summed E-state index contributed by atoms with van der Waals surface area (Å²) >= 11 is 0. The van der Waals surface area contributed by atoms with Crippen LogP contribution < -0.4 is 10.6 Å². The van der Waals surface area contributed by atoms with Crippen molar-refractivity contribution in [3.05, 3.63) is 66.1 Å². The number of fused-ring (bicyclic) bond motifs is 1. The van der Waals surface area contributed by atoms with E-state index in [4.69, 9.17) is 0 Å². The lowest BCUT2D eigenvalue weighted by atomic mass is 10.0. The third kappa shape index (κ3) is 4.77. The van der Waals surface area contributed by atoms with Crippen molar-refractivity contribution in [2.75, 3.05) is 5.32 Å². The van der Waals surface area contributed by atoms with Gasteiger partial charge in [0, 0.05) is 23.2 Å². The van der Waals surface area contributed by atoms with Crippen LogP contribution in [0.25, 0.3) is 22.3 Å². The van der Waals surface area contributed by atoms with E-state index in [1.807, 2.05) is 38.1 Å². The molecular weight excluding hydrogens is 456 g/mol. The molecule has 9 nitrogen and oxygen atoms in total. The lowest BCUT2D eigenvalue weighted by Crippen LogP contribution is -2.35. The molecule has 0 bridgehead atoms. The Bertz CT molecular complexity index is 1440. The average Bonchev–Trinajstić information content (AvgIpc) is 3.55. The Kier molecular flexibility index (Phi) is 6.37. The summed E-state index contributed by atoms with van der Waals surface area (Å²) in [7, 11) is 0. The number of para-hydroxylation sites is 2. The second-order valence-corrected chi connectivity index (χ2v) is 9.38. The molecule has 184 valence electrons. The zero-order chi connectivity index (χ0) is 25.2. The van der Waals surface area contributed by atoms with E-state index in [1.54, 1.807) is 18.2 Å². The van der Waals surface area contributed by atoms with Crippen molar-refractivity contribution in [2.24, 2.45) is 0 Å². The Hall–Kier alpha value is -4.27. The molecule has 5 rings (SSSR count). The predicted molar refractivity (Wildman–Crippen MR) is 137 cm³/mol. The van der Waals surface area contributed by atoms with Crippen molar-refractivity contribution in [1.82, 2.24) is 25.1 Å². The van der Waals surface area contributed by atoms with Gasteiger partial charge in [-0.25, -0.2) is 9.78 Å². The molecule has 9 heteroatoms. The van der Waals surface area contributed by atoms with Crippen LogP contribution in [0.5, 0.6) is 5.75 Å². The number of benzene rings is 2. The first-order valence-electron chi connectivity index (χ1n) is 12.2. The number of phenols is 1. The third-order valence-corrected chi connectivity index (χ3v) is 6.33. The van der Waals surface area contributed by atoms with E-state index in [9.17, 15) is 14.7 Å². The SMILES string of the molecule is CC(C)NC(=O)n1nc(-c2cc(NC(=O)c3cnc4ccccc4n3)ccc2O)cc1C1CCCC1. The van der Waals surface area contributed by atoms with Crippen molar-refractivity contribution in [3.63, 3.8) is 0 Å². The Morgan fingerprint density at radius 1 is 1.06 bits per heavy atom. The van der Waals surface area contributed by atoms with Crippen LogP contribution in [0.1, 0.15) is 61.6 Å². The van der Waals surface area contributed by atoms with Crippen molar-refractivity contribution >= 4 is 28.7 Å². The first kappa shape index (κ1) is 23.5. The van der Waals surface area contributed by atoms with E-state index in [0.29, 0.717) is 28.0 Å². The van der Waals surface area contributed by atoms with Crippen molar-refractivity contribution < 1.29 is 14.7 Å². The number of rotatable bonds is 5. The van der Waals surface area contributed by atoms with E-state index >= 15 is 0 Å². The number of nitrogens with one attached hydrogen (secondary N) is 2. The number of hydrogen-bond acceptors (Lipinski definition) is 6. The second-order valence-electron chi connectivity index (χ2n) is 9.38. The molecule has 0 unspecified atom stereocenters. The van der Waals surface area contributed by atoms with Gasteiger partial charge in [0.15, 0.2) is 0 Å². The monoisotopic (exact) mass is 484 g/mol. The Morgan fingerprint density at radius 2 is 1.81 bits per heavy atom. The minimum Gasteiger partial charge on any atom is -0.507 e. The van der Waals surface area contributed by atoms with E-state index in [1.165, 1.54) is 16.9 Å². The highest BCUT2D eigenvalue weighted by atomic mass is 16.3. The number of carbonyl (C=O) groups is 2. The van der Waals surface area contributed by atoms with Gasteiger partial charge in [0.05, 0.1) is 28.6 Å². The highest BCUT2D eigenvalue weighted by molar-refractivity contribution is 6.04. The largest absolute Gasteiger partial charge is 0.507 e. The zero-order valence-electron chi connectivity index (χ0n) is 20.2. The summed E-state index contributed by atoms with van der Waals surface area (Å²) < 4.78 is 1.42. The topological polar surface area (TPSA) is 122 Å². The van der Waals surface area contributed by atoms with Gasteiger partial charge in [0.1, 0.15) is 11.4 Å². The third-order valence-electron chi connectivity index (χ3n) is 6.33. The number of phenolic OH excluding ortho intramolecular Hbond substituents is 1. The average molecular weight is 485 g/mol. The van der Waals surface area contributed by atoms with Crippen LogP contribution in [0.4, 0.5) is 10.5 Å². The number of carbonyl (C=O) groups excluding carboxylic acids is 2. The normalized spacial score (nSPS) is 13.9. The predicted octanol–water partition coefficient (Wildman–Crippen LogP) is 5.07. The quantitative estimate of drug-likeness (QED) is 0.340. The fraction of sp³-hybridized carbons (Fsp3) is 0.296. The molecule has 2 aromatic heterocycles. The van der Waals surface area contributed by atoms with Gasteiger partial charge in [0.25, 0.3) is 5.91 Å². The van der Waals surface area contributed by atoms with E-state index < -0.39 is 5.91 Å². The van der Waals surface area contributed by atoms with E-state index in [-0.39, 0.29) is 29.4 Å². The fourth-order valence-electron chi connectivity index (χ4n) is 4.59. The summed E-state index contributed by atoms with van der Waals surface area (Å²) in [5.41, 5.74) is 3.70. The minimum atomic E-state index is -0.418. The van der Waals surface area contributed by atoms with E-state index in [0.717, 1.165) is 31.4 Å². The van der Waals surface area contributed by atoms with Crippen molar-refractivity contribution in [1.29, 1.82) is 0 Å². The molecule has 3 N–H and O–H groups in total. The van der Waals surface area contributed by atoms with Crippen LogP contribution in [0.15, 0.2) is 54.7 Å². The molecule has 0 spiro atoms. The standard InChI is InChI=1S/C27H28N6O3/c1-16(2)29-27(36)33-24(17-7-3-4-8-17)14-22(32-33)19-13-18(11-12-25(19)34)30-26(35)23-15-28-20-9-5-6-10-21(20)31-23/h5-6,9-17,34H,3-4,7-8H2,1-2H3,(H,29,36)(H,30,35). The highest BCUT2D eigenvalue weighted by Gasteiger charge is 2.26. The molecule has 0 aliphatic heterocycles. The number of nitrogens with zero attached hydrogens (tertiary/aromatic N) is 4. The fourth-order valence-corrected chi connectivity index (χ4v) is 4.59. The molecule has 36 heavy (non-hydrogen) atoms. The molecule has 1 fully saturated rings. The van der Waals surface area contributed by atoms with Crippen LogP contribution in [0, 0.1) is 0 Å². The van der Waals surface area contributed by atoms with Gasteiger partial charge in [-0.05, 0) is 63.1 Å². The first-order valence-corrected chi connectivity index (χ1v) is 12.2. The summed E-state index contributed by atoms with van der Waals surface area (Å²) in [6, 6.07) is 13.6. The molecule has 2 heterocycles. The summed E-state index contributed by atoms with van der Waals surface area (Å²) in [6.07, 6.45) is 5.65. The van der Waals surface area contributed by atoms with Crippen LogP contribution in [-0.4, -0.2) is 42.8 Å². The van der Waals surface area contributed by atoms with Crippen molar-refractivity contribution in [3.8, 4) is 17.0 Å². The van der Waals surface area contributed by atoms with Gasteiger partial charge in [-0.2, -0.15) is 9.78 Å². The summed E-state index contributed by atoms with van der Waals surface area (Å²) in [5.74, 6) is -0.176. The molecule has 1 aliphatic carbocycles.